The summed E-state index contributed by atoms with van der Waals surface area (Å²) in [7, 11) is 1.51. The lowest BCUT2D eigenvalue weighted by Gasteiger charge is -2.04. The molecule has 3 nitrogen and oxygen atoms in total. The van der Waals surface area contributed by atoms with E-state index in [1.54, 1.807) is 12.1 Å². The van der Waals surface area contributed by atoms with Crippen LogP contribution in [0.15, 0.2) is 24.3 Å². The SMILES string of the molecule is COc1cc(O)ccc1C=CC=O. The molecule has 1 rings (SSSR count). The molecule has 0 heterocycles. The number of aldehydes is 1. The Kier molecular flexibility index (Phi) is 3.09. The average Bonchev–Trinajstić information content (AvgIpc) is 2.16. The van der Waals surface area contributed by atoms with Crippen molar-refractivity contribution in [2.75, 3.05) is 7.11 Å². The van der Waals surface area contributed by atoms with E-state index in [1.165, 1.54) is 25.3 Å². The van der Waals surface area contributed by atoms with Crippen molar-refractivity contribution in [2.45, 2.75) is 0 Å². The highest BCUT2D eigenvalue weighted by Gasteiger charge is 1.99. The predicted molar refractivity (Wildman–Crippen MR) is 49.8 cm³/mol. The van der Waals surface area contributed by atoms with Gasteiger partial charge in [-0.05, 0) is 24.3 Å². The summed E-state index contributed by atoms with van der Waals surface area (Å²) in [6.07, 6.45) is 3.67. The zero-order valence-corrected chi connectivity index (χ0v) is 7.23. The van der Waals surface area contributed by atoms with Gasteiger partial charge in [0.05, 0.1) is 7.11 Å². The van der Waals surface area contributed by atoms with E-state index in [-0.39, 0.29) is 5.75 Å². The molecule has 68 valence electrons. The molecule has 0 saturated carbocycles. The summed E-state index contributed by atoms with van der Waals surface area (Å²) in [6, 6.07) is 4.70. The molecule has 0 aliphatic carbocycles. The number of aromatic hydroxyl groups is 1. The minimum absolute atomic E-state index is 0.139. The number of rotatable bonds is 3. The van der Waals surface area contributed by atoms with Gasteiger partial charge < -0.3 is 9.84 Å². The van der Waals surface area contributed by atoms with E-state index in [0.29, 0.717) is 12.0 Å². The number of hydrogen-bond acceptors (Lipinski definition) is 3. The van der Waals surface area contributed by atoms with Gasteiger partial charge in [0.25, 0.3) is 0 Å². The minimum Gasteiger partial charge on any atom is -0.508 e. The van der Waals surface area contributed by atoms with Gasteiger partial charge in [0, 0.05) is 11.6 Å². The van der Waals surface area contributed by atoms with Gasteiger partial charge >= 0.3 is 0 Å². The molecular formula is C10H10O3. The second kappa shape index (κ2) is 4.30. The maximum Gasteiger partial charge on any atom is 0.142 e. The molecule has 0 bridgehead atoms. The highest BCUT2D eigenvalue weighted by atomic mass is 16.5. The molecule has 0 fully saturated rings. The van der Waals surface area contributed by atoms with Gasteiger partial charge in [-0.25, -0.2) is 0 Å². The molecule has 0 spiro atoms. The Bertz CT molecular complexity index is 329. The highest BCUT2D eigenvalue weighted by Crippen LogP contribution is 2.24. The summed E-state index contributed by atoms with van der Waals surface area (Å²) in [5.74, 6) is 0.679. The summed E-state index contributed by atoms with van der Waals surface area (Å²) in [4.78, 5) is 10.1. The normalized spacial score (nSPS) is 10.2. The molecule has 0 unspecified atom stereocenters. The van der Waals surface area contributed by atoms with E-state index in [4.69, 9.17) is 9.84 Å². The van der Waals surface area contributed by atoms with Gasteiger partial charge in [0.1, 0.15) is 17.8 Å². The molecule has 0 atom stereocenters. The fourth-order valence-corrected chi connectivity index (χ4v) is 0.980. The van der Waals surface area contributed by atoms with Crippen LogP contribution in [0.2, 0.25) is 0 Å². The van der Waals surface area contributed by atoms with E-state index >= 15 is 0 Å². The summed E-state index contributed by atoms with van der Waals surface area (Å²) < 4.78 is 5.00. The number of phenolic OH excluding ortho intramolecular Hbond substituents is 1. The number of ether oxygens (including phenoxy) is 1. The van der Waals surface area contributed by atoms with Gasteiger partial charge in [0.15, 0.2) is 0 Å². The average molecular weight is 178 g/mol. The first-order chi connectivity index (χ1) is 6.27. The summed E-state index contributed by atoms with van der Waals surface area (Å²) in [5.41, 5.74) is 0.757. The molecule has 3 heteroatoms. The number of hydrogen-bond donors (Lipinski definition) is 1. The zero-order chi connectivity index (χ0) is 9.68. The molecular weight excluding hydrogens is 168 g/mol. The summed E-state index contributed by atoms with van der Waals surface area (Å²) >= 11 is 0. The van der Waals surface area contributed by atoms with Crippen molar-refractivity contribution in [1.29, 1.82) is 0 Å². The van der Waals surface area contributed by atoms with Gasteiger partial charge in [-0.1, -0.05) is 0 Å². The van der Waals surface area contributed by atoms with Crippen molar-refractivity contribution in [3.8, 4) is 11.5 Å². The lowest BCUT2D eigenvalue weighted by Crippen LogP contribution is -1.86. The van der Waals surface area contributed by atoms with Crippen LogP contribution in [0.4, 0.5) is 0 Å². The van der Waals surface area contributed by atoms with E-state index in [2.05, 4.69) is 0 Å². The Morgan fingerprint density at radius 3 is 2.85 bits per heavy atom. The van der Waals surface area contributed by atoms with Crippen molar-refractivity contribution in [3.05, 3.63) is 29.8 Å². The first kappa shape index (κ1) is 9.32. The molecule has 0 radical (unpaired) electrons. The minimum atomic E-state index is 0.139. The third-order valence-electron chi connectivity index (χ3n) is 1.57. The third-order valence-corrected chi connectivity index (χ3v) is 1.57. The van der Waals surface area contributed by atoms with Crippen LogP contribution in [-0.2, 0) is 4.79 Å². The molecule has 1 N–H and O–H groups in total. The molecule has 13 heavy (non-hydrogen) atoms. The predicted octanol–water partition coefficient (Wildman–Crippen LogP) is 1.61. The van der Waals surface area contributed by atoms with Crippen molar-refractivity contribution >= 4 is 12.4 Å². The Morgan fingerprint density at radius 2 is 2.23 bits per heavy atom. The van der Waals surface area contributed by atoms with Crippen LogP contribution in [0.5, 0.6) is 11.5 Å². The van der Waals surface area contributed by atoms with E-state index < -0.39 is 0 Å². The number of phenols is 1. The smallest absolute Gasteiger partial charge is 0.142 e. The number of carbonyl (C=O) groups excluding carboxylic acids is 1. The summed E-state index contributed by atoms with van der Waals surface area (Å²) in [6.45, 7) is 0. The van der Waals surface area contributed by atoms with Gasteiger partial charge in [0.2, 0.25) is 0 Å². The van der Waals surface area contributed by atoms with Crippen LogP contribution >= 0.6 is 0 Å². The van der Waals surface area contributed by atoms with Crippen LogP contribution in [0, 0.1) is 0 Å². The number of carbonyl (C=O) groups is 1. The number of methoxy groups -OCH3 is 1. The Labute approximate surface area is 76.3 Å². The highest BCUT2D eigenvalue weighted by molar-refractivity contribution is 5.75. The lowest BCUT2D eigenvalue weighted by atomic mass is 10.2. The van der Waals surface area contributed by atoms with Gasteiger partial charge in [-0.15, -0.1) is 0 Å². The summed E-state index contributed by atoms with van der Waals surface area (Å²) in [5, 5.41) is 9.12. The van der Waals surface area contributed by atoms with Crippen LogP contribution < -0.4 is 4.74 Å². The fourth-order valence-electron chi connectivity index (χ4n) is 0.980. The standard InChI is InChI=1S/C10H10O3/c1-13-10-7-9(12)5-4-8(10)3-2-6-11/h2-7,12H,1H3. The molecule has 0 aromatic heterocycles. The van der Waals surface area contributed by atoms with Gasteiger partial charge in [-0.2, -0.15) is 0 Å². The van der Waals surface area contributed by atoms with Crippen molar-refractivity contribution in [2.24, 2.45) is 0 Å². The third kappa shape index (κ3) is 2.33. The zero-order valence-electron chi connectivity index (χ0n) is 7.23. The second-order valence-corrected chi connectivity index (χ2v) is 2.42. The lowest BCUT2D eigenvalue weighted by molar-refractivity contribution is -0.104. The van der Waals surface area contributed by atoms with Crippen LogP contribution in [-0.4, -0.2) is 18.5 Å². The van der Waals surface area contributed by atoms with Crippen LogP contribution in [0.1, 0.15) is 5.56 Å². The maximum absolute atomic E-state index is 10.1. The fraction of sp³-hybridized carbons (Fsp3) is 0.100. The monoisotopic (exact) mass is 178 g/mol. The quantitative estimate of drug-likeness (QED) is 0.565. The molecule has 0 amide bonds. The first-order valence-electron chi connectivity index (χ1n) is 3.77. The largest absolute Gasteiger partial charge is 0.508 e. The van der Waals surface area contributed by atoms with Crippen molar-refractivity contribution in [1.82, 2.24) is 0 Å². The topological polar surface area (TPSA) is 46.5 Å². The molecule has 0 saturated heterocycles. The molecule has 1 aromatic rings. The molecule has 1 aromatic carbocycles. The van der Waals surface area contributed by atoms with Crippen molar-refractivity contribution in [3.63, 3.8) is 0 Å². The Balaban J connectivity index is 3.05. The van der Waals surface area contributed by atoms with Crippen LogP contribution in [0.25, 0.3) is 6.08 Å². The molecule has 0 aliphatic heterocycles. The number of allylic oxidation sites excluding steroid dienone is 1. The van der Waals surface area contributed by atoms with Gasteiger partial charge in [-0.3, -0.25) is 4.79 Å². The molecule has 0 aliphatic rings. The Morgan fingerprint density at radius 1 is 1.46 bits per heavy atom. The van der Waals surface area contributed by atoms with E-state index in [1.807, 2.05) is 0 Å². The Hall–Kier alpha value is -1.77. The van der Waals surface area contributed by atoms with E-state index in [0.717, 1.165) is 5.56 Å². The van der Waals surface area contributed by atoms with Crippen LogP contribution in [0.3, 0.4) is 0 Å². The number of benzene rings is 1. The first-order valence-corrected chi connectivity index (χ1v) is 3.77. The van der Waals surface area contributed by atoms with E-state index in [9.17, 15) is 4.79 Å². The maximum atomic E-state index is 10.1. The second-order valence-electron chi connectivity index (χ2n) is 2.42. The van der Waals surface area contributed by atoms with Crippen molar-refractivity contribution < 1.29 is 14.6 Å².